The largest absolute Gasteiger partial charge is 0.487 e. The van der Waals surface area contributed by atoms with Gasteiger partial charge in [-0.25, -0.2) is 0 Å². The summed E-state index contributed by atoms with van der Waals surface area (Å²) in [5.74, 6) is 0.672. The molecule has 1 aromatic heterocycles. The van der Waals surface area contributed by atoms with Crippen molar-refractivity contribution in [3.05, 3.63) is 64.5 Å². The molecule has 6 heteroatoms. The first-order valence-electron chi connectivity index (χ1n) is 5.02. The van der Waals surface area contributed by atoms with Crippen LogP contribution in [0.1, 0.15) is 5.56 Å². The Morgan fingerprint density at radius 2 is 1.94 bits per heavy atom. The number of hydrogen-bond donors (Lipinski definition) is 0. The summed E-state index contributed by atoms with van der Waals surface area (Å²) in [6, 6.07) is 9.86. The molecular formula is C12H11BrN2O3. The van der Waals surface area contributed by atoms with E-state index in [1.807, 2.05) is 0 Å². The van der Waals surface area contributed by atoms with Gasteiger partial charge in [0.15, 0.2) is 0 Å². The van der Waals surface area contributed by atoms with Gasteiger partial charge in [-0.2, -0.15) is 0 Å². The summed E-state index contributed by atoms with van der Waals surface area (Å²) in [5.41, 5.74) is 0.953. The van der Waals surface area contributed by atoms with Crippen LogP contribution in [0.4, 0.5) is 5.69 Å². The van der Waals surface area contributed by atoms with Crippen molar-refractivity contribution in [2.24, 2.45) is 0 Å². The maximum Gasteiger partial charge on any atom is 0.269 e. The summed E-state index contributed by atoms with van der Waals surface area (Å²) in [5, 5.41) is 10.5. The molecule has 1 aromatic carbocycles. The van der Waals surface area contributed by atoms with Crippen LogP contribution in [-0.4, -0.2) is 9.91 Å². The fourth-order valence-corrected chi connectivity index (χ4v) is 1.31. The van der Waals surface area contributed by atoms with Crippen molar-refractivity contribution in [1.82, 2.24) is 4.98 Å². The first-order chi connectivity index (χ1) is 8.25. The van der Waals surface area contributed by atoms with Crippen molar-refractivity contribution in [2.75, 3.05) is 0 Å². The van der Waals surface area contributed by atoms with E-state index in [-0.39, 0.29) is 22.7 Å². The van der Waals surface area contributed by atoms with E-state index in [2.05, 4.69) is 4.98 Å². The zero-order valence-electron chi connectivity index (χ0n) is 9.35. The van der Waals surface area contributed by atoms with Crippen LogP contribution >= 0.6 is 17.0 Å². The van der Waals surface area contributed by atoms with Gasteiger partial charge in [-0.05, 0) is 29.8 Å². The molecule has 0 aliphatic carbocycles. The number of pyridine rings is 1. The van der Waals surface area contributed by atoms with Crippen LogP contribution in [0.15, 0.2) is 48.8 Å². The fourth-order valence-electron chi connectivity index (χ4n) is 1.31. The van der Waals surface area contributed by atoms with Gasteiger partial charge < -0.3 is 4.74 Å². The summed E-state index contributed by atoms with van der Waals surface area (Å²) < 4.78 is 5.46. The predicted molar refractivity (Wildman–Crippen MR) is 72.0 cm³/mol. The minimum atomic E-state index is -0.425. The highest BCUT2D eigenvalue weighted by Gasteiger charge is 2.03. The van der Waals surface area contributed by atoms with Gasteiger partial charge in [-0.15, -0.1) is 17.0 Å². The van der Waals surface area contributed by atoms with Crippen LogP contribution in [0, 0.1) is 10.1 Å². The lowest BCUT2D eigenvalue weighted by Crippen LogP contribution is -1.96. The van der Waals surface area contributed by atoms with Crippen LogP contribution < -0.4 is 4.74 Å². The third-order valence-corrected chi connectivity index (χ3v) is 2.19. The third-order valence-electron chi connectivity index (χ3n) is 2.19. The van der Waals surface area contributed by atoms with E-state index in [9.17, 15) is 10.1 Å². The molecule has 0 atom stereocenters. The number of nitro benzene ring substituents is 1. The summed E-state index contributed by atoms with van der Waals surface area (Å²) in [4.78, 5) is 14.0. The Balaban J connectivity index is 0.00000162. The second kappa shape index (κ2) is 6.70. The molecule has 0 aliphatic heterocycles. The molecule has 94 valence electrons. The summed E-state index contributed by atoms with van der Waals surface area (Å²) >= 11 is 0. The maximum atomic E-state index is 10.5. The van der Waals surface area contributed by atoms with E-state index in [1.54, 1.807) is 36.7 Å². The van der Waals surface area contributed by atoms with Gasteiger partial charge in [0.2, 0.25) is 0 Å². The average Bonchev–Trinajstić information content (AvgIpc) is 2.38. The zero-order valence-corrected chi connectivity index (χ0v) is 11.1. The van der Waals surface area contributed by atoms with Crippen LogP contribution in [0.25, 0.3) is 0 Å². The molecular weight excluding hydrogens is 300 g/mol. The highest BCUT2D eigenvalue weighted by Crippen LogP contribution is 2.14. The molecule has 1 heterocycles. The predicted octanol–water partition coefficient (Wildman–Crippen LogP) is 3.15. The number of non-ortho nitro benzene ring substituents is 1. The third kappa shape index (κ3) is 3.81. The second-order valence-corrected chi connectivity index (χ2v) is 3.40. The zero-order chi connectivity index (χ0) is 12.1. The number of halogens is 1. The van der Waals surface area contributed by atoms with Crippen molar-refractivity contribution in [1.29, 1.82) is 0 Å². The van der Waals surface area contributed by atoms with Gasteiger partial charge in [-0.1, -0.05) is 0 Å². The molecule has 18 heavy (non-hydrogen) atoms. The Hall–Kier alpha value is -1.95. The van der Waals surface area contributed by atoms with Crippen molar-refractivity contribution in [2.45, 2.75) is 6.61 Å². The van der Waals surface area contributed by atoms with Crippen molar-refractivity contribution in [3.8, 4) is 5.75 Å². The van der Waals surface area contributed by atoms with Crippen LogP contribution in [-0.2, 0) is 6.61 Å². The lowest BCUT2D eigenvalue weighted by atomic mass is 10.2. The molecule has 5 nitrogen and oxygen atoms in total. The first kappa shape index (κ1) is 14.1. The number of benzene rings is 1. The van der Waals surface area contributed by atoms with E-state index in [1.165, 1.54) is 12.1 Å². The number of ether oxygens (including phenoxy) is 1. The van der Waals surface area contributed by atoms with Gasteiger partial charge >= 0.3 is 0 Å². The van der Waals surface area contributed by atoms with Crippen molar-refractivity contribution < 1.29 is 9.66 Å². The number of hydrogen-bond acceptors (Lipinski definition) is 4. The molecule has 2 aromatic rings. The van der Waals surface area contributed by atoms with Gasteiger partial charge in [0.1, 0.15) is 12.4 Å². The smallest absolute Gasteiger partial charge is 0.269 e. The summed E-state index contributed by atoms with van der Waals surface area (Å²) in [7, 11) is 0. The molecule has 2 rings (SSSR count). The molecule has 0 N–H and O–H groups in total. The van der Waals surface area contributed by atoms with Crippen molar-refractivity contribution >= 4 is 22.7 Å². The van der Waals surface area contributed by atoms with Gasteiger partial charge in [0.05, 0.1) is 11.1 Å². The molecule has 0 unspecified atom stereocenters. The fraction of sp³-hybridized carbons (Fsp3) is 0.0833. The standard InChI is InChI=1S/C12H10N2O3.BrH/c15-14(16)11-5-3-10(4-6-11)9-17-12-2-1-7-13-8-12;/h1-8H,9H2;1H. The minimum Gasteiger partial charge on any atom is -0.487 e. The van der Waals surface area contributed by atoms with E-state index < -0.39 is 4.92 Å². The Kier molecular flexibility index (Phi) is 5.26. The van der Waals surface area contributed by atoms with Crippen LogP contribution in [0.3, 0.4) is 0 Å². The molecule has 0 fully saturated rings. The number of aromatic nitrogens is 1. The van der Waals surface area contributed by atoms with Gasteiger partial charge in [0, 0.05) is 18.3 Å². The lowest BCUT2D eigenvalue weighted by Gasteiger charge is -2.04. The summed E-state index contributed by atoms with van der Waals surface area (Å²) in [6.07, 6.45) is 3.28. The topological polar surface area (TPSA) is 65.3 Å². The molecule has 0 radical (unpaired) electrons. The Bertz CT molecular complexity index is 502. The Morgan fingerprint density at radius 3 is 2.50 bits per heavy atom. The first-order valence-corrected chi connectivity index (χ1v) is 5.02. The van der Waals surface area contributed by atoms with Crippen molar-refractivity contribution in [3.63, 3.8) is 0 Å². The van der Waals surface area contributed by atoms with Gasteiger partial charge in [-0.3, -0.25) is 15.1 Å². The lowest BCUT2D eigenvalue weighted by molar-refractivity contribution is -0.384. The average molecular weight is 311 g/mol. The summed E-state index contributed by atoms with van der Waals surface area (Å²) in [6.45, 7) is 0.365. The Labute approximate surface area is 114 Å². The van der Waals surface area contributed by atoms with Crippen LogP contribution in [0.2, 0.25) is 0 Å². The molecule has 0 spiro atoms. The monoisotopic (exact) mass is 310 g/mol. The normalized spacial score (nSPS) is 9.33. The quantitative estimate of drug-likeness (QED) is 0.642. The molecule has 0 bridgehead atoms. The Morgan fingerprint density at radius 1 is 1.22 bits per heavy atom. The molecule has 0 amide bonds. The maximum absolute atomic E-state index is 10.5. The minimum absolute atomic E-state index is 0. The molecule has 0 saturated carbocycles. The van der Waals surface area contributed by atoms with Gasteiger partial charge in [0.25, 0.3) is 5.69 Å². The highest BCUT2D eigenvalue weighted by atomic mass is 79.9. The number of nitro groups is 1. The van der Waals surface area contributed by atoms with E-state index in [0.717, 1.165) is 5.56 Å². The van der Waals surface area contributed by atoms with Crippen LogP contribution in [0.5, 0.6) is 5.75 Å². The molecule has 0 aliphatic rings. The van der Waals surface area contributed by atoms with E-state index in [4.69, 9.17) is 4.74 Å². The number of nitrogens with zero attached hydrogens (tertiary/aromatic N) is 2. The highest BCUT2D eigenvalue weighted by molar-refractivity contribution is 8.93. The SMILES string of the molecule is Br.O=[N+]([O-])c1ccc(COc2cccnc2)cc1. The van der Waals surface area contributed by atoms with E-state index >= 15 is 0 Å². The second-order valence-electron chi connectivity index (χ2n) is 3.40. The molecule has 0 saturated heterocycles. The van der Waals surface area contributed by atoms with E-state index in [0.29, 0.717) is 12.4 Å². The number of rotatable bonds is 4.